The number of hydrogen-bond acceptors (Lipinski definition) is 3. The molecule has 3 heteroatoms. The third-order valence-electron chi connectivity index (χ3n) is 2.72. The first-order chi connectivity index (χ1) is 7.63. The lowest BCUT2D eigenvalue weighted by atomic mass is 9.96. The Morgan fingerprint density at radius 2 is 2.12 bits per heavy atom. The smallest absolute Gasteiger partial charge is 0.0904 e. The van der Waals surface area contributed by atoms with Crippen LogP contribution in [0.15, 0.2) is 36.5 Å². The first kappa shape index (κ1) is 11.4. The molecule has 0 amide bonds. The van der Waals surface area contributed by atoms with E-state index in [0.29, 0.717) is 5.94 Å². The number of thiol groups is 1. The zero-order valence-electron chi connectivity index (χ0n) is 9.47. The molecule has 84 valence electrons. The topological polar surface area (TPSA) is 22.1 Å². The molecular formula is C13H15NOS. The van der Waals surface area contributed by atoms with Gasteiger partial charge >= 0.3 is 0 Å². The molecule has 0 bridgehead atoms. The quantitative estimate of drug-likeness (QED) is 0.648. The highest BCUT2D eigenvalue weighted by molar-refractivity contribution is 7.80. The van der Waals surface area contributed by atoms with Crippen LogP contribution in [0.25, 0.3) is 10.9 Å². The van der Waals surface area contributed by atoms with Crippen molar-refractivity contribution >= 4 is 23.5 Å². The zero-order chi connectivity index (χ0) is 11.6. The zero-order valence-corrected chi connectivity index (χ0v) is 10.4. The second-order valence-corrected chi connectivity index (χ2v) is 4.45. The van der Waals surface area contributed by atoms with E-state index in [0.717, 1.165) is 16.5 Å². The van der Waals surface area contributed by atoms with Gasteiger partial charge in [-0.3, -0.25) is 4.98 Å². The van der Waals surface area contributed by atoms with Crippen LogP contribution in [0.2, 0.25) is 0 Å². The summed E-state index contributed by atoms with van der Waals surface area (Å²) in [6.07, 6.45) is 1.80. The average Bonchev–Trinajstić information content (AvgIpc) is 2.28. The predicted octanol–water partition coefficient (Wildman–Crippen LogP) is 3.37. The molecule has 0 saturated heterocycles. The van der Waals surface area contributed by atoms with Gasteiger partial charge in [-0.15, -0.1) is 0 Å². The Morgan fingerprint density at radius 3 is 2.88 bits per heavy atom. The summed E-state index contributed by atoms with van der Waals surface area (Å²) in [6, 6.07) is 10.2. The molecule has 1 heterocycles. The minimum Gasteiger partial charge on any atom is -0.361 e. The highest BCUT2D eigenvalue weighted by Gasteiger charge is 2.20. The molecule has 2 aromatic rings. The molecule has 16 heavy (non-hydrogen) atoms. The maximum atomic E-state index is 5.61. The maximum absolute atomic E-state index is 5.61. The molecule has 0 saturated carbocycles. The molecular weight excluding hydrogens is 218 g/mol. The number of pyridine rings is 1. The lowest BCUT2D eigenvalue weighted by Gasteiger charge is -2.25. The second-order valence-electron chi connectivity index (χ2n) is 4.19. The SMILES string of the molecule is CC(C)(OCS)c1ccc2ncccc2c1. The van der Waals surface area contributed by atoms with E-state index in [9.17, 15) is 0 Å². The van der Waals surface area contributed by atoms with Gasteiger partial charge in [0.1, 0.15) is 0 Å². The van der Waals surface area contributed by atoms with Crippen molar-refractivity contribution in [3.63, 3.8) is 0 Å². The number of hydrogen-bond donors (Lipinski definition) is 1. The molecule has 2 nitrogen and oxygen atoms in total. The molecule has 0 atom stereocenters. The Morgan fingerprint density at radius 1 is 1.31 bits per heavy atom. The first-order valence-corrected chi connectivity index (χ1v) is 5.87. The molecule has 0 aliphatic heterocycles. The van der Waals surface area contributed by atoms with Gasteiger partial charge in [0, 0.05) is 11.6 Å². The monoisotopic (exact) mass is 233 g/mol. The van der Waals surface area contributed by atoms with Crippen LogP contribution in [0.5, 0.6) is 0 Å². The van der Waals surface area contributed by atoms with E-state index < -0.39 is 0 Å². The van der Waals surface area contributed by atoms with Gasteiger partial charge < -0.3 is 4.74 Å². The van der Waals surface area contributed by atoms with E-state index >= 15 is 0 Å². The fourth-order valence-electron chi connectivity index (χ4n) is 1.69. The van der Waals surface area contributed by atoms with Crippen LogP contribution in [0.3, 0.4) is 0 Å². The summed E-state index contributed by atoms with van der Waals surface area (Å²) >= 11 is 4.10. The van der Waals surface area contributed by atoms with Gasteiger partial charge in [0.15, 0.2) is 0 Å². The van der Waals surface area contributed by atoms with Crippen molar-refractivity contribution in [2.24, 2.45) is 0 Å². The molecule has 0 aliphatic carbocycles. The normalized spacial score (nSPS) is 11.9. The largest absolute Gasteiger partial charge is 0.361 e. The van der Waals surface area contributed by atoms with Crippen LogP contribution < -0.4 is 0 Å². The highest BCUT2D eigenvalue weighted by atomic mass is 32.1. The van der Waals surface area contributed by atoms with E-state index in [4.69, 9.17) is 4.74 Å². The maximum Gasteiger partial charge on any atom is 0.0904 e. The van der Waals surface area contributed by atoms with Crippen LogP contribution >= 0.6 is 12.6 Å². The number of nitrogens with zero attached hydrogens (tertiary/aromatic N) is 1. The lowest BCUT2D eigenvalue weighted by Crippen LogP contribution is -2.20. The molecule has 0 unspecified atom stereocenters. The first-order valence-electron chi connectivity index (χ1n) is 5.23. The number of aromatic nitrogens is 1. The number of fused-ring (bicyclic) bond motifs is 1. The Labute approximate surface area is 101 Å². The Hall–Kier alpha value is -1.06. The summed E-state index contributed by atoms with van der Waals surface area (Å²) in [4.78, 5) is 4.29. The summed E-state index contributed by atoms with van der Waals surface area (Å²) < 4.78 is 5.61. The third-order valence-corrected chi connectivity index (χ3v) is 2.85. The fraction of sp³-hybridized carbons (Fsp3) is 0.308. The van der Waals surface area contributed by atoms with Crippen molar-refractivity contribution in [3.8, 4) is 0 Å². The Balaban J connectivity index is 2.46. The van der Waals surface area contributed by atoms with Crippen LogP contribution in [0.4, 0.5) is 0 Å². The van der Waals surface area contributed by atoms with Crippen LogP contribution in [0.1, 0.15) is 19.4 Å². The Bertz CT molecular complexity index is 496. The fourth-order valence-corrected chi connectivity index (χ4v) is 2.02. The van der Waals surface area contributed by atoms with Gasteiger partial charge in [-0.2, -0.15) is 12.6 Å². The van der Waals surface area contributed by atoms with E-state index in [1.54, 1.807) is 6.20 Å². The number of benzene rings is 1. The predicted molar refractivity (Wildman–Crippen MR) is 69.7 cm³/mol. The van der Waals surface area contributed by atoms with Gasteiger partial charge in [-0.1, -0.05) is 12.1 Å². The van der Waals surface area contributed by atoms with E-state index in [-0.39, 0.29) is 5.60 Å². The van der Waals surface area contributed by atoms with Crippen LogP contribution in [0, 0.1) is 0 Å². The van der Waals surface area contributed by atoms with Crippen molar-refractivity contribution in [3.05, 3.63) is 42.1 Å². The lowest BCUT2D eigenvalue weighted by molar-refractivity contribution is 0.00934. The summed E-state index contributed by atoms with van der Waals surface area (Å²) in [5, 5.41) is 1.14. The van der Waals surface area contributed by atoms with E-state index in [1.165, 1.54) is 0 Å². The molecule has 0 N–H and O–H groups in total. The molecule has 0 spiro atoms. The van der Waals surface area contributed by atoms with Gasteiger partial charge in [0.2, 0.25) is 0 Å². The molecule has 2 rings (SSSR count). The van der Waals surface area contributed by atoms with Crippen LogP contribution in [-0.2, 0) is 10.3 Å². The van der Waals surface area contributed by atoms with Crippen molar-refractivity contribution in [1.82, 2.24) is 4.98 Å². The minimum absolute atomic E-state index is 0.314. The van der Waals surface area contributed by atoms with E-state index in [2.05, 4.69) is 35.8 Å². The molecule has 0 aliphatic rings. The van der Waals surface area contributed by atoms with Crippen molar-refractivity contribution in [1.29, 1.82) is 0 Å². The number of rotatable bonds is 3. The summed E-state index contributed by atoms with van der Waals surface area (Å²) in [6.45, 7) is 4.08. The number of ether oxygens (including phenoxy) is 1. The average molecular weight is 233 g/mol. The van der Waals surface area contributed by atoms with Crippen molar-refractivity contribution < 1.29 is 4.74 Å². The van der Waals surface area contributed by atoms with Gasteiger partial charge in [-0.25, -0.2) is 0 Å². The molecule has 1 aromatic heterocycles. The van der Waals surface area contributed by atoms with Crippen LogP contribution in [-0.4, -0.2) is 10.9 Å². The third kappa shape index (κ3) is 2.20. The summed E-state index contributed by atoms with van der Waals surface area (Å²) in [7, 11) is 0. The molecule has 1 aromatic carbocycles. The van der Waals surface area contributed by atoms with E-state index in [1.807, 2.05) is 26.0 Å². The van der Waals surface area contributed by atoms with Gasteiger partial charge in [-0.05, 0) is 37.6 Å². The molecule has 0 radical (unpaired) electrons. The van der Waals surface area contributed by atoms with Crippen molar-refractivity contribution in [2.45, 2.75) is 19.4 Å². The highest BCUT2D eigenvalue weighted by Crippen LogP contribution is 2.27. The standard InChI is InChI=1S/C13H15NOS/c1-13(2,15-9-16)11-5-6-12-10(8-11)4-3-7-14-12/h3-8,16H,9H2,1-2H3. The Kier molecular flexibility index (Phi) is 3.17. The second kappa shape index (κ2) is 4.44. The van der Waals surface area contributed by atoms with Gasteiger partial charge in [0.05, 0.1) is 17.1 Å². The van der Waals surface area contributed by atoms with Crippen molar-refractivity contribution in [2.75, 3.05) is 5.94 Å². The summed E-state index contributed by atoms with van der Waals surface area (Å²) in [5.41, 5.74) is 1.83. The summed E-state index contributed by atoms with van der Waals surface area (Å²) in [5.74, 6) is 0.415. The molecule has 0 fully saturated rings. The minimum atomic E-state index is -0.314. The van der Waals surface area contributed by atoms with Gasteiger partial charge in [0.25, 0.3) is 0 Å².